The molecule has 1 amide bonds. The van der Waals surface area contributed by atoms with Crippen LogP contribution in [0.5, 0.6) is 0 Å². The molecule has 0 atom stereocenters. The Bertz CT molecular complexity index is 1070. The minimum absolute atomic E-state index is 0.0118. The van der Waals surface area contributed by atoms with Crippen LogP contribution in [0.3, 0.4) is 0 Å². The van der Waals surface area contributed by atoms with Gasteiger partial charge in [-0.1, -0.05) is 24.6 Å². The number of thioether (sulfide) groups is 1. The lowest BCUT2D eigenvalue weighted by atomic mass is 10.1. The van der Waals surface area contributed by atoms with Crippen molar-refractivity contribution in [2.45, 2.75) is 56.4 Å². The highest BCUT2D eigenvalue weighted by Gasteiger charge is 2.16. The summed E-state index contributed by atoms with van der Waals surface area (Å²) in [6.07, 6.45) is 8.16. The molecule has 2 heterocycles. The molecule has 1 N–H and O–H groups in total. The van der Waals surface area contributed by atoms with Gasteiger partial charge in [0.1, 0.15) is 5.82 Å². The number of nitrogens with one attached hydrogen (secondary N) is 1. The summed E-state index contributed by atoms with van der Waals surface area (Å²) in [7, 11) is 0. The fraction of sp³-hybridized carbons (Fsp3) is 0.375. The Morgan fingerprint density at radius 2 is 1.90 bits per heavy atom. The van der Waals surface area contributed by atoms with Crippen LogP contribution in [0.15, 0.2) is 47.4 Å². The fourth-order valence-corrected chi connectivity index (χ4v) is 5.18. The lowest BCUT2D eigenvalue weighted by Gasteiger charge is -2.10. The summed E-state index contributed by atoms with van der Waals surface area (Å²) in [4.78, 5) is 13.7. The summed E-state index contributed by atoms with van der Waals surface area (Å²) >= 11 is 1.60. The molecular formula is C24H26N4OS. The molecule has 3 aromatic rings. The predicted octanol–water partition coefficient (Wildman–Crippen LogP) is 4.89. The van der Waals surface area contributed by atoms with E-state index in [0.717, 1.165) is 48.7 Å². The average molecular weight is 419 g/mol. The Morgan fingerprint density at radius 3 is 2.87 bits per heavy atom. The van der Waals surface area contributed by atoms with E-state index in [0.29, 0.717) is 5.75 Å². The molecule has 1 aromatic heterocycles. The summed E-state index contributed by atoms with van der Waals surface area (Å²) in [5, 5.41) is 11.9. The standard InChI is InChI=1S/C24H26N4OS/c29-23(16-30-21-12-11-17-6-4-7-18(17)15-21)25-20-9-5-8-19(14-20)24-27-26-22-10-2-1-3-13-28(22)24/h5,8-9,11-12,14-15H,1-4,6-7,10,13,16H2,(H,25,29). The summed E-state index contributed by atoms with van der Waals surface area (Å²) in [6.45, 7) is 0.964. The molecule has 0 saturated heterocycles. The molecule has 6 heteroatoms. The average Bonchev–Trinajstić information content (AvgIpc) is 3.33. The lowest BCUT2D eigenvalue weighted by molar-refractivity contribution is -0.113. The number of rotatable bonds is 5. The number of fused-ring (bicyclic) bond motifs is 2. The Kier molecular flexibility index (Phi) is 5.58. The molecule has 0 saturated carbocycles. The second kappa shape index (κ2) is 8.64. The van der Waals surface area contributed by atoms with Gasteiger partial charge in [0, 0.05) is 29.1 Å². The molecule has 154 valence electrons. The maximum absolute atomic E-state index is 12.5. The zero-order valence-corrected chi connectivity index (χ0v) is 17.9. The SMILES string of the molecule is O=C(CSc1ccc2c(c1)CCC2)Nc1cccc(-c2nnc3n2CCCCC3)c1. The minimum atomic E-state index is 0.0118. The van der Waals surface area contributed by atoms with Crippen LogP contribution in [0.1, 0.15) is 42.6 Å². The van der Waals surface area contributed by atoms with E-state index < -0.39 is 0 Å². The topological polar surface area (TPSA) is 59.8 Å². The molecule has 5 nitrogen and oxygen atoms in total. The lowest BCUT2D eigenvalue weighted by Crippen LogP contribution is -2.14. The number of benzene rings is 2. The minimum Gasteiger partial charge on any atom is -0.325 e. The number of nitrogens with zero attached hydrogens (tertiary/aromatic N) is 3. The Hall–Kier alpha value is -2.60. The number of hydrogen-bond donors (Lipinski definition) is 1. The van der Waals surface area contributed by atoms with Gasteiger partial charge in [0.2, 0.25) is 5.91 Å². The van der Waals surface area contributed by atoms with Crippen LogP contribution in [0.25, 0.3) is 11.4 Å². The molecule has 5 rings (SSSR count). The van der Waals surface area contributed by atoms with Crippen molar-refractivity contribution in [2.75, 3.05) is 11.1 Å². The Morgan fingerprint density at radius 1 is 0.967 bits per heavy atom. The van der Waals surface area contributed by atoms with Gasteiger partial charge in [-0.05, 0) is 67.5 Å². The predicted molar refractivity (Wildman–Crippen MR) is 121 cm³/mol. The number of anilines is 1. The first kappa shape index (κ1) is 19.4. The largest absolute Gasteiger partial charge is 0.325 e. The molecule has 1 aliphatic heterocycles. The molecular weight excluding hydrogens is 392 g/mol. The fourth-order valence-electron chi connectivity index (χ4n) is 4.42. The zero-order chi connectivity index (χ0) is 20.3. The van der Waals surface area contributed by atoms with Crippen LogP contribution in [0.2, 0.25) is 0 Å². The van der Waals surface area contributed by atoms with Crippen molar-refractivity contribution >= 4 is 23.4 Å². The summed E-state index contributed by atoms with van der Waals surface area (Å²) in [6, 6.07) is 14.5. The number of carbonyl (C=O) groups is 1. The van der Waals surface area contributed by atoms with Gasteiger partial charge < -0.3 is 9.88 Å². The van der Waals surface area contributed by atoms with Crippen molar-refractivity contribution in [1.29, 1.82) is 0 Å². The van der Waals surface area contributed by atoms with E-state index in [1.54, 1.807) is 11.8 Å². The second-order valence-corrected chi connectivity index (χ2v) is 9.15. The molecule has 0 unspecified atom stereocenters. The molecule has 30 heavy (non-hydrogen) atoms. The number of carbonyl (C=O) groups excluding carboxylic acids is 1. The van der Waals surface area contributed by atoms with Crippen LogP contribution in [-0.4, -0.2) is 26.4 Å². The van der Waals surface area contributed by atoms with E-state index in [4.69, 9.17) is 0 Å². The normalized spacial score (nSPS) is 15.3. The van der Waals surface area contributed by atoms with Crippen LogP contribution in [0, 0.1) is 0 Å². The van der Waals surface area contributed by atoms with E-state index in [-0.39, 0.29) is 5.91 Å². The van der Waals surface area contributed by atoms with Crippen LogP contribution in [0.4, 0.5) is 5.69 Å². The van der Waals surface area contributed by atoms with E-state index in [9.17, 15) is 4.79 Å². The molecule has 1 aliphatic carbocycles. The third-order valence-electron chi connectivity index (χ3n) is 5.95. The summed E-state index contributed by atoms with van der Waals surface area (Å²) in [5.74, 6) is 2.39. The molecule has 2 aliphatic rings. The molecule has 0 bridgehead atoms. The highest BCUT2D eigenvalue weighted by Crippen LogP contribution is 2.28. The van der Waals surface area contributed by atoms with Gasteiger partial charge in [-0.25, -0.2) is 0 Å². The number of aromatic nitrogens is 3. The Balaban J connectivity index is 1.25. The second-order valence-electron chi connectivity index (χ2n) is 8.10. The third-order valence-corrected chi connectivity index (χ3v) is 6.95. The first-order chi connectivity index (χ1) is 14.8. The van der Waals surface area contributed by atoms with E-state index in [2.05, 4.69) is 38.3 Å². The van der Waals surface area contributed by atoms with Gasteiger partial charge in [0.15, 0.2) is 5.82 Å². The monoisotopic (exact) mass is 418 g/mol. The van der Waals surface area contributed by atoms with Crippen molar-refractivity contribution in [3.63, 3.8) is 0 Å². The van der Waals surface area contributed by atoms with Crippen molar-refractivity contribution in [3.8, 4) is 11.4 Å². The maximum Gasteiger partial charge on any atom is 0.234 e. The van der Waals surface area contributed by atoms with Crippen molar-refractivity contribution in [1.82, 2.24) is 14.8 Å². The van der Waals surface area contributed by atoms with Crippen LogP contribution in [-0.2, 0) is 30.6 Å². The van der Waals surface area contributed by atoms with E-state index >= 15 is 0 Å². The summed E-state index contributed by atoms with van der Waals surface area (Å²) in [5.41, 5.74) is 4.71. The van der Waals surface area contributed by atoms with Crippen LogP contribution < -0.4 is 5.32 Å². The highest BCUT2D eigenvalue weighted by molar-refractivity contribution is 8.00. The molecule has 0 spiro atoms. The van der Waals surface area contributed by atoms with Crippen molar-refractivity contribution in [2.24, 2.45) is 0 Å². The van der Waals surface area contributed by atoms with Gasteiger partial charge in [0.05, 0.1) is 5.75 Å². The summed E-state index contributed by atoms with van der Waals surface area (Å²) < 4.78 is 2.23. The smallest absolute Gasteiger partial charge is 0.234 e. The van der Waals surface area contributed by atoms with E-state index in [1.807, 2.05) is 24.3 Å². The van der Waals surface area contributed by atoms with Gasteiger partial charge in [-0.3, -0.25) is 4.79 Å². The molecule has 0 fully saturated rings. The first-order valence-corrected chi connectivity index (χ1v) is 11.8. The van der Waals surface area contributed by atoms with Gasteiger partial charge >= 0.3 is 0 Å². The molecule has 0 radical (unpaired) electrons. The van der Waals surface area contributed by atoms with Crippen molar-refractivity contribution in [3.05, 3.63) is 59.4 Å². The highest BCUT2D eigenvalue weighted by atomic mass is 32.2. The number of amides is 1. The van der Waals surface area contributed by atoms with Crippen molar-refractivity contribution < 1.29 is 4.79 Å². The van der Waals surface area contributed by atoms with Gasteiger partial charge in [-0.15, -0.1) is 22.0 Å². The van der Waals surface area contributed by atoms with Crippen LogP contribution >= 0.6 is 11.8 Å². The van der Waals surface area contributed by atoms with Gasteiger partial charge in [-0.2, -0.15) is 0 Å². The Labute approximate surface area is 181 Å². The first-order valence-electron chi connectivity index (χ1n) is 10.8. The van der Waals surface area contributed by atoms with E-state index in [1.165, 1.54) is 41.7 Å². The van der Waals surface area contributed by atoms with Gasteiger partial charge in [0.25, 0.3) is 0 Å². The number of aryl methyl sites for hydroxylation is 3. The third kappa shape index (κ3) is 4.15. The quantitative estimate of drug-likeness (QED) is 0.599. The maximum atomic E-state index is 12.5. The zero-order valence-electron chi connectivity index (χ0n) is 17.1. The number of hydrogen-bond acceptors (Lipinski definition) is 4. The molecule has 2 aromatic carbocycles.